The zero-order chi connectivity index (χ0) is 13.8. The summed E-state index contributed by atoms with van der Waals surface area (Å²) >= 11 is 0. The van der Waals surface area contributed by atoms with E-state index in [0.29, 0.717) is 18.8 Å². The normalized spacial score (nSPS) is 11.2. The highest BCUT2D eigenvalue weighted by atomic mass is 16.5. The summed E-state index contributed by atoms with van der Waals surface area (Å²) in [4.78, 5) is 17.5. The Morgan fingerprint density at radius 3 is 2.74 bits per heavy atom. The number of aromatic nitrogens is 1. The molecule has 0 aliphatic carbocycles. The van der Waals surface area contributed by atoms with Crippen molar-refractivity contribution < 1.29 is 9.53 Å². The molecular weight excluding hydrogens is 240 g/mol. The van der Waals surface area contributed by atoms with Crippen LogP contribution in [-0.4, -0.2) is 42.1 Å². The summed E-state index contributed by atoms with van der Waals surface area (Å²) < 4.78 is 5.06. The summed E-state index contributed by atoms with van der Waals surface area (Å²) in [5.74, 6) is 0.0169. The number of H-pyrrole nitrogens is 1. The third-order valence-corrected chi connectivity index (χ3v) is 3.18. The summed E-state index contributed by atoms with van der Waals surface area (Å²) in [5.41, 5.74) is 1.62. The van der Waals surface area contributed by atoms with Gasteiger partial charge in [-0.3, -0.25) is 4.79 Å². The minimum Gasteiger partial charge on any atom is -0.383 e. The number of nitrogens with zero attached hydrogens (tertiary/aromatic N) is 1. The van der Waals surface area contributed by atoms with Gasteiger partial charge in [-0.2, -0.15) is 0 Å². The van der Waals surface area contributed by atoms with Gasteiger partial charge in [0.25, 0.3) is 5.91 Å². The summed E-state index contributed by atoms with van der Waals surface area (Å²) in [6.45, 7) is 5.17. The van der Waals surface area contributed by atoms with Crippen LogP contribution in [0.3, 0.4) is 0 Å². The second-order valence-electron chi connectivity index (χ2n) is 4.86. The van der Waals surface area contributed by atoms with E-state index in [2.05, 4.69) is 4.98 Å². The van der Waals surface area contributed by atoms with Crippen LogP contribution in [-0.2, 0) is 4.74 Å². The Morgan fingerprint density at radius 2 is 2.11 bits per heavy atom. The second-order valence-corrected chi connectivity index (χ2v) is 4.86. The fraction of sp³-hybridized carbons (Fsp3) is 0.400. The minimum absolute atomic E-state index is 0.0169. The van der Waals surface area contributed by atoms with E-state index in [9.17, 15) is 4.79 Å². The van der Waals surface area contributed by atoms with Gasteiger partial charge in [-0.05, 0) is 26.0 Å². The van der Waals surface area contributed by atoms with Crippen molar-refractivity contribution in [3.05, 3.63) is 36.0 Å². The highest BCUT2D eigenvalue weighted by molar-refractivity contribution is 5.98. The molecule has 0 unspecified atom stereocenters. The van der Waals surface area contributed by atoms with Crippen LogP contribution in [0.25, 0.3) is 10.9 Å². The molecule has 0 radical (unpaired) electrons. The number of benzene rings is 1. The topological polar surface area (TPSA) is 45.3 Å². The predicted octanol–water partition coefficient (Wildman–Crippen LogP) is 2.66. The largest absolute Gasteiger partial charge is 0.383 e. The van der Waals surface area contributed by atoms with Crippen molar-refractivity contribution in [1.82, 2.24) is 9.88 Å². The number of aromatic amines is 1. The molecule has 0 aliphatic rings. The molecule has 1 N–H and O–H groups in total. The SMILES string of the molecule is COCCN(C(=O)c1cc2ccccc2[nH]1)C(C)C. The number of amides is 1. The number of methoxy groups -OCH3 is 1. The van der Waals surface area contributed by atoms with Gasteiger partial charge in [-0.25, -0.2) is 0 Å². The molecule has 19 heavy (non-hydrogen) atoms. The Bertz CT molecular complexity index is 527. The Kier molecular flexibility index (Phi) is 4.22. The number of fused-ring (bicyclic) bond motifs is 1. The van der Waals surface area contributed by atoms with Crippen molar-refractivity contribution in [2.45, 2.75) is 19.9 Å². The number of ether oxygens (including phenoxy) is 1. The smallest absolute Gasteiger partial charge is 0.270 e. The number of hydrogen-bond acceptors (Lipinski definition) is 2. The molecule has 2 rings (SSSR count). The Morgan fingerprint density at radius 1 is 1.37 bits per heavy atom. The van der Waals surface area contributed by atoms with Crippen LogP contribution in [0.4, 0.5) is 0 Å². The third kappa shape index (κ3) is 2.96. The first kappa shape index (κ1) is 13.6. The Balaban J connectivity index is 2.25. The molecule has 0 saturated carbocycles. The van der Waals surface area contributed by atoms with Crippen molar-refractivity contribution >= 4 is 16.8 Å². The van der Waals surface area contributed by atoms with Crippen molar-refractivity contribution in [3.8, 4) is 0 Å². The fourth-order valence-electron chi connectivity index (χ4n) is 2.13. The lowest BCUT2D eigenvalue weighted by molar-refractivity contribution is 0.0630. The van der Waals surface area contributed by atoms with Gasteiger partial charge in [0.1, 0.15) is 5.69 Å². The number of rotatable bonds is 5. The van der Waals surface area contributed by atoms with Crippen LogP contribution in [0, 0.1) is 0 Å². The lowest BCUT2D eigenvalue weighted by atomic mass is 10.2. The van der Waals surface area contributed by atoms with Gasteiger partial charge in [0, 0.05) is 30.6 Å². The molecule has 1 aromatic carbocycles. The molecule has 0 bridgehead atoms. The maximum Gasteiger partial charge on any atom is 0.270 e. The van der Waals surface area contributed by atoms with Crippen LogP contribution in [0.5, 0.6) is 0 Å². The van der Waals surface area contributed by atoms with E-state index in [-0.39, 0.29) is 11.9 Å². The van der Waals surface area contributed by atoms with E-state index >= 15 is 0 Å². The highest BCUT2D eigenvalue weighted by Gasteiger charge is 2.19. The number of para-hydroxylation sites is 1. The van der Waals surface area contributed by atoms with E-state index in [4.69, 9.17) is 4.74 Å². The molecule has 0 saturated heterocycles. The van der Waals surface area contributed by atoms with Crippen molar-refractivity contribution in [3.63, 3.8) is 0 Å². The first-order valence-corrected chi connectivity index (χ1v) is 6.51. The Hall–Kier alpha value is -1.81. The van der Waals surface area contributed by atoms with E-state index < -0.39 is 0 Å². The van der Waals surface area contributed by atoms with Crippen molar-refractivity contribution in [2.75, 3.05) is 20.3 Å². The summed E-state index contributed by atoms with van der Waals surface area (Å²) in [7, 11) is 1.64. The quantitative estimate of drug-likeness (QED) is 0.898. The number of carbonyl (C=O) groups excluding carboxylic acids is 1. The highest BCUT2D eigenvalue weighted by Crippen LogP contribution is 2.16. The maximum absolute atomic E-state index is 12.5. The van der Waals surface area contributed by atoms with E-state index in [1.807, 2.05) is 49.1 Å². The molecule has 1 heterocycles. The van der Waals surface area contributed by atoms with Crippen LogP contribution in [0.1, 0.15) is 24.3 Å². The monoisotopic (exact) mass is 260 g/mol. The van der Waals surface area contributed by atoms with Crippen molar-refractivity contribution in [2.24, 2.45) is 0 Å². The first-order valence-electron chi connectivity index (χ1n) is 6.51. The van der Waals surface area contributed by atoms with Gasteiger partial charge in [0.15, 0.2) is 0 Å². The summed E-state index contributed by atoms with van der Waals surface area (Å²) in [5, 5.41) is 1.06. The van der Waals surface area contributed by atoms with E-state index in [1.54, 1.807) is 7.11 Å². The van der Waals surface area contributed by atoms with Crippen LogP contribution < -0.4 is 0 Å². The summed E-state index contributed by atoms with van der Waals surface area (Å²) in [6, 6.07) is 9.95. The van der Waals surface area contributed by atoms with E-state index in [1.165, 1.54) is 0 Å². The van der Waals surface area contributed by atoms with Gasteiger partial charge in [0.05, 0.1) is 6.61 Å². The average molecular weight is 260 g/mol. The summed E-state index contributed by atoms with van der Waals surface area (Å²) in [6.07, 6.45) is 0. The molecule has 4 heteroatoms. The zero-order valence-corrected chi connectivity index (χ0v) is 11.6. The molecule has 0 aliphatic heterocycles. The van der Waals surface area contributed by atoms with Crippen LogP contribution in [0.15, 0.2) is 30.3 Å². The van der Waals surface area contributed by atoms with Crippen molar-refractivity contribution in [1.29, 1.82) is 0 Å². The van der Waals surface area contributed by atoms with Gasteiger partial charge in [0.2, 0.25) is 0 Å². The fourth-order valence-corrected chi connectivity index (χ4v) is 2.13. The van der Waals surface area contributed by atoms with Crippen LogP contribution >= 0.6 is 0 Å². The molecule has 0 spiro atoms. The molecule has 0 fully saturated rings. The van der Waals surface area contributed by atoms with Gasteiger partial charge in [-0.15, -0.1) is 0 Å². The molecule has 0 atom stereocenters. The second kappa shape index (κ2) is 5.89. The Labute approximate surface area is 113 Å². The molecule has 4 nitrogen and oxygen atoms in total. The zero-order valence-electron chi connectivity index (χ0n) is 11.6. The third-order valence-electron chi connectivity index (χ3n) is 3.18. The van der Waals surface area contributed by atoms with Gasteiger partial charge < -0.3 is 14.6 Å². The first-order chi connectivity index (χ1) is 9.13. The molecular formula is C15H20N2O2. The predicted molar refractivity (Wildman–Crippen MR) is 76.3 cm³/mol. The lowest BCUT2D eigenvalue weighted by Crippen LogP contribution is -2.39. The number of carbonyl (C=O) groups is 1. The maximum atomic E-state index is 12.5. The van der Waals surface area contributed by atoms with Gasteiger partial charge >= 0.3 is 0 Å². The molecule has 102 valence electrons. The molecule has 2 aromatic rings. The number of hydrogen-bond donors (Lipinski definition) is 1. The van der Waals surface area contributed by atoms with E-state index in [0.717, 1.165) is 10.9 Å². The molecule has 1 aromatic heterocycles. The minimum atomic E-state index is 0.0169. The molecule has 1 amide bonds. The average Bonchev–Trinajstić information content (AvgIpc) is 2.82. The number of nitrogens with one attached hydrogen (secondary N) is 1. The van der Waals surface area contributed by atoms with Crippen LogP contribution in [0.2, 0.25) is 0 Å². The van der Waals surface area contributed by atoms with Gasteiger partial charge in [-0.1, -0.05) is 18.2 Å². The lowest BCUT2D eigenvalue weighted by Gasteiger charge is -2.25. The standard InChI is InChI=1S/C15H20N2O2/c1-11(2)17(8-9-19-3)15(18)14-10-12-6-4-5-7-13(12)16-14/h4-7,10-11,16H,8-9H2,1-3H3.